The van der Waals surface area contributed by atoms with Crippen LogP contribution in [-0.2, 0) is 4.74 Å². The van der Waals surface area contributed by atoms with Crippen molar-refractivity contribution in [3.05, 3.63) is 11.8 Å². The Balaban J connectivity index is 3.88. The Morgan fingerprint density at radius 3 is 2.45 bits per heavy atom. The zero-order valence-electron chi connectivity index (χ0n) is 7.73. The van der Waals surface area contributed by atoms with Gasteiger partial charge in [0.1, 0.15) is 6.10 Å². The normalized spacial score (nSPS) is 17.7. The monoisotopic (exact) mass is 176 g/mol. The summed E-state index contributed by atoms with van der Waals surface area (Å²) in [4.78, 5) is 0. The molecule has 11 heavy (non-hydrogen) atoms. The first kappa shape index (κ1) is 10.8. The molecule has 2 heteroatoms. The predicted molar refractivity (Wildman–Crippen MR) is 49.9 cm³/mol. The van der Waals surface area contributed by atoms with Crippen LogP contribution in [-0.4, -0.2) is 11.5 Å². The maximum absolute atomic E-state index is 5.89. The molecule has 0 radical (unpaired) electrons. The quantitative estimate of drug-likeness (QED) is 0.472. The highest BCUT2D eigenvalue weighted by atomic mass is 35.5. The van der Waals surface area contributed by atoms with Crippen LogP contribution < -0.4 is 0 Å². The molecule has 0 heterocycles. The van der Waals surface area contributed by atoms with Crippen LogP contribution in [0.25, 0.3) is 0 Å². The van der Waals surface area contributed by atoms with E-state index in [9.17, 15) is 0 Å². The topological polar surface area (TPSA) is 9.23 Å². The zero-order valence-corrected chi connectivity index (χ0v) is 8.48. The standard InChI is InChI=1S/C9H17ClO/c1-5-7(3)11-9(6-2)8(4)10/h5,8-9H,6H2,1-4H3/b7-5+. The molecule has 2 unspecified atom stereocenters. The Morgan fingerprint density at radius 2 is 2.18 bits per heavy atom. The summed E-state index contributed by atoms with van der Waals surface area (Å²) in [5.74, 6) is 0.948. The highest BCUT2D eigenvalue weighted by Gasteiger charge is 2.13. The molecule has 0 aromatic heterocycles. The third kappa shape index (κ3) is 4.31. The van der Waals surface area contributed by atoms with E-state index in [1.165, 1.54) is 0 Å². The largest absolute Gasteiger partial charge is 0.494 e. The lowest BCUT2D eigenvalue weighted by molar-refractivity contribution is 0.113. The Bertz CT molecular complexity index is 130. The molecule has 0 spiro atoms. The molecule has 1 nitrogen and oxygen atoms in total. The van der Waals surface area contributed by atoms with Gasteiger partial charge in [-0.2, -0.15) is 0 Å². The van der Waals surface area contributed by atoms with Gasteiger partial charge in [0.2, 0.25) is 0 Å². The van der Waals surface area contributed by atoms with Gasteiger partial charge in [0, 0.05) is 0 Å². The number of ether oxygens (including phenoxy) is 1. The van der Waals surface area contributed by atoms with Gasteiger partial charge in [0.15, 0.2) is 0 Å². The fourth-order valence-corrected chi connectivity index (χ4v) is 1.04. The number of hydrogen-bond donors (Lipinski definition) is 0. The fourth-order valence-electron chi connectivity index (χ4n) is 0.809. The van der Waals surface area contributed by atoms with Crippen LogP contribution in [0, 0.1) is 0 Å². The average molecular weight is 177 g/mol. The number of rotatable bonds is 4. The number of alkyl halides is 1. The summed E-state index contributed by atoms with van der Waals surface area (Å²) in [5.41, 5.74) is 0. The van der Waals surface area contributed by atoms with E-state index in [2.05, 4.69) is 6.92 Å². The van der Waals surface area contributed by atoms with E-state index in [1.807, 2.05) is 26.8 Å². The van der Waals surface area contributed by atoms with Crippen molar-refractivity contribution in [3.63, 3.8) is 0 Å². The number of halogens is 1. The minimum absolute atomic E-state index is 0.0786. The average Bonchev–Trinajstić information content (AvgIpc) is 1.99. The van der Waals surface area contributed by atoms with Crippen LogP contribution in [0.4, 0.5) is 0 Å². The second kappa shape index (κ2) is 5.48. The molecule has 0 saturated heterocycles. The lowest BCUT2D eigenvalue weighted by Crippen LogP contribution is -2.20. The van der Waals surface area contributed by atoms with Crippen molar-refractivity contribution in [2.24, 2.45) is 0 Å². The van der Waals surface area contributed by atoms with E-state index in [0.717, 1.165) is 12.2 Å². The van der Waals surface area contributed by atoms with E-state index in [4.69, 9.17) is 16.3 Å². The molecule has 0 aliphatic carbocycles. The van der Waals surface area contributed by atoms with Crippen molar-refractivity contribution in [1.82, 2.24) is 0 Å². The van der Waals surface area contributed by atoms with Crippen LogP contribution >= 0.6 is 11.6 Å². The van der Waals surface area contributed by atoms with Crippen LogP contribution in [0.5, 0.6) is 0 Å². The molecule has 66 valence electrons. The lowest BCUT2D eigenvalue weighted by atomic mass is 10.2. The first-order valence-corrected chi connectivity index (χ1v) is 4.49. The second-order valence-corrected chi connectivity index (χ2v) is 3.33. The summed E-state index contributed by atoms with van der Waals surface area (Å²) in [6.45, 7) is 7.94. The highest BCUT2D eigenvalue weighted by molar-refractivity contribution is 6.20. The summed E-state index contributed by atoms with van der Waals surface area (Å²) in [6.07, 6.45) is 3.05. The van der Waals surface area contributed by atoms with Crippen molar-refractivity contribution >= 4 is 11.6 Å². The summed E-state index contributed by atoms with van der Waals surface area (Å²) in [5, 5.41) is 0.0786. The smallest absolute Gasteiger partial charge is 0.114 e. The van der Waals surface area contributed by atoms with Gasteiger partial charge in [-0.1, -0.05) is 6.92 Å². The minimum Gasteiger partial charge on any atom is -0.494 e. The zero-order chi connectivity index (χ0) is 8.85. The fraction of sp³-hybridized carbons (Fsp3) is 0.778. The number of allylic oxidation sites excluding steroid dienone is 2. The van der Waals surface area contributed by atoms with E-state index < -0.39 is 0 Å². The van der Waals surface area contributed by atoms with Gasteiger partial charge in [-0.05, 0) is 33.3 Å². The summed E-state index contributed by atoms with van der Waals surface area (Å²) >= 11 is 5.89. The molecular formula is C9H17ClO. The van der Waals surface area contributed by atoms with Crippen molar-refractivity contribution in [2.75, 3.05) is 0 Å². The molecule has 0 fully saturated rings. The maximum Gasteiger partial charge on any atom is 0.114 e. The van der Waals surface area contributed by atoms with Crippen LogP contribution in [0.15, 0.2) is 11.8 Å². The van der Waals surface area contributed by atoms with Crippen molar-refractivity contribution < 1.29 is 4.74 Å². The minimum atomic E-state index is 0.0786. The SMILES string of the molecule is C/C=C(\C)OC(CC)C(C)Cl. The van der Waals surface area contributed by atoms with Crippen molar-refractivity contribution in [2.45, 2.75) is 45.6 Å². The van der Waals surface area contributed by atoms with Gasteiger partial charge < -0.3 is 4.74 Å². The maximum atomic E-state index is 5.89. The number of hydrogen-bond acceptors (Lipinski definition) is 1. The van der Waals surface area contributed by atoms with Gasteiger partial charge in [0.05, 0.1) is 11.1 Å². The molecule has 0 amide bonds. The Kier molecular flexibility index (Phi) is 5.39. The predicted octanol–water partition coefficient (Wildman–Crippen LogP) is 3.33. The van der Waals surface area contributed by atoms with E-state index >= 15 is 0 Å². The highest BCUT2D eigenvalue weighted by Crippen LogP contribution is 2.13. The molecule has 0 aliphatic rings. The first-order valence-electron chi connectivity index (χ1n) is 4.05. The Labute approximate surface area is 74.4 Å². The Hall–Kier alpha value is -0.170. The van der Waals surface area contributed by atoms with E-state index in [-0.39, 0.29) is 11.5 Å². The Morgan fingerprint density at radius 1 is 1.64 bits per heavy atom. The summed E-state index contributed by atoms with van der Waals surface area (Å²) < 4.78 is 5.54. The van der Waals surface area contributed by atoms with Crippen LogP contribution in [0.3, 0.4) is 0 Å². The molecule has 0 aromatic rings. The molecule has 0 N–H and O–H groups in total. The third-order valence-corrected chi connectivity index (χ3v) is 1.94. The van der Waals surface area contributed by atoms with Gasteiger partial charge in [-0.15, -0.1) is 11.6 Å². The van der Waals surface area contributed by atoms with E-state index in [1.54, 1.807) is 0 Å². The van der Waals surface area contributed by atoms with Crippen LogP contribution in [0.1, 0.15) is 34.1 Å². The van der Waals surface area contributed by atoms with Gasteiger partial charge >= 0.3 is 0 Å². The lowest BCUT2D eigenvalue weighted by Gasteiger charge is -2.19. The van der Waals surface area contributed by atoms with Gasteiger partial charge in [-0.25, -0.2) is 0 Å². The van der Waals surface area contributed by atoms with Crippen molar-refractivity contribution in [3.8, 4) is 0 Å². The molecular weight excluding hydrogens is 160 g/mol. The molecule has 0 aliphatic heterocycles. The summed E-state index contributed by atoms with van der Waals surface area (Å²) in [7, 11) is 0. The first-order chi connectivity index (χ1) is 5.11. The van der Waals surface area contributed by atoms with Crippen LogP contribution in [0.2, 0.25) is 0 Å². The van der Waals surface area contributed by atoms with Gasteiger partial charge in [0.25, 0.3) is 0 Å². The molecule has 0 bridgehead atoms. The summed E-state index contributed by atoms with van der Waals surface area (Å²) in [6, 6.07) is 0. The van der Waals surface area contributed by atoms with Crippen molar-refractivity contribution in [1.29, 1.82) is 0 Å². The third-order valence-electron chi connectivity index (χ3n) is 1.66. The molecule has 0 saturated carbocycles. The second-order valence-electron chi connectivity index (χ2n) is 2.64. The molecule has 0 aromatic carbocycles. The molecule has 0 rings (SSSR count). The molecule has 2 atom stereocenters. The van der Waals surface area contributed by atoms with E-state index in [0.29, 0.717) is 0 Å². The van der Waals surface area contributed by atoms with Gasteiger partial charge in [-0.3, -0.25) is 0 Å².